The van der Waals surface area contributed by atoms with Gasteiger partial charge in [0.05, 0.1) is 29.2 Å². The highest BCUT2D eigenvalue weighted by molar-refractivity contribution is 6.10. The minimum atomic E-state index is -1.01. The number of benzene rings is 3. The van der Waals surface area contributed by atoms with E-state index in [4.69, 9.17) is 4.74 Å². The Kier molecular flexibility index (Phi) is 2.87. The van der Waals surface area contributed by atoms with Gasteiger partial charge < -0.3 is 9.84 Å². The molecular weight excluding hydrogens is 292 g/mol. The standard InChI is InChI=1S/C18H12N2O3/c1-23-15-7-3-4-11-10(15)8-9-14-16(11)20-17-12(18(21)22)5-2-6-13(17)19-14/h2-9H,1H3,(H,21,22). The lowest BCUT2D eigenvalue weighted by molar-refractivity contribution is 0.0699. The number of ether oxygens (including phenoxy) is 1. The molecule has 4 rings (SSSR count). The summed E-state index contributed by atoms with van der Waals surface area (Å²) in [6, 6.07) is 14.5. The van der Waals surface area contributed by atoms with Crippen molar-refractivity contribution in [2.45, 2.75) is 0 Å². The quantitative estimate of drug-likeness (QED) is 0.452. The fraction of sp³-hybridized carbons (Fsp3) is 0.0556. The SMILES string of the molecule is COc1cccc2c1ccc1nc3cccc(C(=O)O)c3nc12. The first-order chi connectivity index (χ1) is 11.2. The lowest BCUT2D eigenvalue weighted by Crippen LogP contribution is -2.00. The van der Waals surface area contributed by atoms with Gasteiger partial charge in [-0.15, -0.1) is 0 Å². The molecule has 0 saturated heterocycles. The lowest BCUT2D eigenvalue weighted by Gasteiger charge is -2.09. The minimum Gasteiger partial charge on any atom is -0.496 e. The van der Waals surface area contributed by atoms with E-state index in [2.05, 4.69) is 9.97 Å². The monoisotopic (exact) mass is 304 g/mol. The summed E-state index contributed by atoms with van der Waals surface area (Å²) in [4.78, 5) is 20.6. The summed E-state index contributed by atoms with van der Waals surface area (Å²) in [6.07, 6.45) is 0. The van der Waals surface area contributed by atoms with Gasteiger partial charge in [-0.1, -0.05) is 18.2 Å². The molecule has 5 nitrogen and oxygen atoms in total. The minimum absolute atomic E-state index is 0.150. The van der Waals surface area contributed by atoms with Gasteiger partial charge in [0, 0.05) is 10.8 Å². The summed E-state index contributed by atoms with van der Waals surface area (Å²) in [5, 5.41) is 11.2. The highest BCUT2D eigenvalue weighted by Crippen LogP contribution is 2.31. The molecule has 5 heteroatoms. The third kappa shape index (κ3) is 1.97. The number of hydrogen-bond donors (Lipinski definition) is 1. The molecule has 1 heterocycles. The van der Waals surface area contributed by atoms with Crippen molar-refractivity contribution >= 4 is 38.8 Å². The van der Waals surface area contributed by atoms with E-state index in [9.17, 15) is 9.90 Å². The molecule has 4 aromatic rings. The summed E-state index contributed by atoms with van der Waals surface area (Å²) >= 11 is 0. The summed E-state index contributed by atoms with van der Waals surface area (Å²) in [7, 11) is 1.62. The van der Waals surface area contributed by atoms with Gasteiger partial charge in [0.2, 0.25) is 0 Å². The Morgan fingerprint density at radius 2 is 1.70 bits per heavy atom. The molecule has 0 spiro atoms. The average molecular weight is 304 g/mol. The van der Waals surface area contributed by atoms with Gasteiger partial charge in [0.1, 0.15) is 11.3 Å². The third-order valence-corrected chi connectivity index (χ3v) is 3.90. The number of carboxylic acid groups (broad SMARTS) is 1. The topological polar surface area (TPSA) is 72.3 Å². The third-order valence-electron chi connectivity index (χ3n) is 3.90. The number of aromatic carboxylic acids is 1. The van der Waals surface area contributed by atoms with Crippen molar-refractivity contribution in [1.29, 1.82) is 0 Å². The summed E-state index contributed by atoms with van der Waals surface area (Å²) in [6.45, 7) is 0. The number of methoxy groups -OCH3 is 1. The summed E-state index contributed by atoms with van der Waals surface area (Å²) in [5.41, 5.74) is 2.50. The van der Waals surface area contributed by atoms with Crippen LogP contribution in [0.1, 0.15) is 10.4 Å². The maximum Gasteiger partial charge on any atom is 0.337 e. The molecule has 0 fully saturated rings. The van der Waals surface area contributed by atoms with Gasteiger partial charge in [0.25, 0.3) is 0 Å². The van der Waals surface area contributed by atoms with Crippen molar-refractivity contribution in [1.82, 2.24) is 9.97 Å². The van der Waals surface area contributed by atoms with E-state index < -0.39 is 5.97 Å². The van der Waals surface area contributed by atoms with Crippen LogP contribution >= 0.6 is 0 Å². The zero-order valence-corrected chi connectivity index (χ0v) is 12.3. The van der Waals surface area contributed by atoms with Crippen LogP contribution in [0.2, 0.25) is 0 Å². The molecule has 0 atom stereocenters. The van der Waals surface area contributed by atoms with Crippen molar-refractivity contribution in [3.05, 3.63) is 54.1 Å². The van der Waals surface area contributed by atoms with E-state index in [1.54, 1.807) is 19.2 Å². The largest absolute Gasteiger partial charge is 0.496 e. The number of carbonyl (C=O) groups is 1. The number of fused-ring (bicyclic) bond motifs is 4. The molecule has 0 aliphatic carbocycles. The summed E-state index contributed by atoms with van der Waals surface area (Å²) < 4.78 is 5.38. The Hall–Kier alpha value is -3.21. The van der Waals surface area contributed by atoms with E-state index >= 15 is 0 Å². The van der Waals surface area contributed by atoms with Crippen molar-refractivity contribution in [2.75, 3.05) is 7.11 Å². The van der Waals surface area contributed by atoms with Crippen LogP contribution in [-0.2, 0) is 0 Å². The lowest BCUT2D eigenvalue weighted by atomic mass is 10.1. The van der Waals surface area contributed by atoms with Gasteiger partial charge in [-0.2, -0.15) is 0 Å². The van der Waals surface area contributed by atoms with E-state index in [0.29, 0.717) is 16.6 Å². The fourth-order valence-electron chi connectivity index (χ4n) is 2.84. The van der Waals surface area contributed by atoms with Crippen LogP contribution in [0.15, 0.2) is 48.5 Å². The second-order valence-corrected chi connectivity index (χ2v) is 5.19. The number of rotatable bonds is 2. The average Bonchev–Trinajstić information content (AvgIpc) is 2.58. The fourth-order valence-corrected chi connectivity index (χ4v) is 2.84. The summed E-state index contributed by atoms with van der Waals surface area (Å²) in [5.74, 6) is -0.264. The zero-order chi connectivity index (χ0) is 16.0. The predicted octanol–water partition coefficient (Wildman–Crippen LogP) is 3.64. The predicted molar refractivity (Wildman–Crippen MR) is 88.1 cm³/mol. The first-order valence-corrected chi connectivity index (χ1v) is 7.08. The maximum atomic E-state index is 11.4. The molecule has 0 amide bonds. The number of para-hydroxylation sites is 1. The van der Waals surface area contributed by atoms with Crippen LogP contribution < -0.4 is 4.74 Å². The van der Waals surface area contributed by atoms with E-state index in [1.807, 2.05) is 30.3 Å². The van der Waals surface area contributed by atoms with Crippen molar-refractivity contribution < 1.29 is 14.6 Å². The normalized spacial score (nSPS) is 11.2. The van der Waals surface area contributed by atoms with Gasteiger partial charge in [-0.3, -0.25) is 0 Å². The van der Waals surface area contributed by atoms with Crippen molar-refractivity contribution in [2.24, 2.45) is 0 Å². The molecule has 0 unspecified atom stereocenters. The first kappa shape index (κ1) is 13.5. The second-order valence-electron chi connectivity index (χ2n) is 5.19. The Morgan fingerprint density at radius 1 is 0.913 bits per heavy atom. The molecule has 3 aromatic carbocycles. The van der Waals surface area contributed by atoms with Crippen LogP contribution in [0, 0.1) is 0 Å². The number of nitrogens with zero attached hydrogens (tertiary/aromatic N) is 2. The molecule has 0 radical (unpaired) electrons. The highest BCUT2D eigenvalue weighted by Gasteiger charge is 2.13. The molecule has 0 bridgehead atoms. The Labute approximate surface area is 131 Å². The van der Waals surface area contributed by atoms with Crippen LogP contribution in [0.25, 0.3) is 32.8 Å². The second kappa shape index (κ2) is 4.91. The van der Waals surface area contributed by atoms with Crippen LogP contribution in [0.5, 0.6) is 5.75 Å². The van der Waals surface area contributed by atoms with Crippen LogP contribution in [0.3, 0.4) is 0 Å². The van der Waals surface area contributed by atoms with Crippen LogP contribution in [0.4, 0.5) is 0 Å². The first-order valence-electron chi connectivity index (χ1n) is 7.08. The van der Waals surface area contributed by atoms with E-state index in [1.165, 1.54) is 6.07 Å². The molecule has 1 aromatic heterocycles. The smallest absolute Gasteiger partial charge is 0.337 e. The van der Waals surface area contributed by atoms with E-state index in [-0.39, 0.29) is 5.56 Å². The molecule has 1 N–H and O–H groups in total. The molecule has 0 aliphatic rings. The zero-order valence-electron chi connectivity index (χ0n) is 12.3. The van der Waals surface area contributed by atoms with E-state index in [0.717, 1.165) is 22.0 Å². The Bertz CT molecular complexity index is 1090. The molecule has 0 aliphatic heterocycles. The maximum absolute atomic E-state index is 11.4. The van der Waals surface area contributed by atoms with Gasteiger partial charge in [-0.05, 0) is 30.3 Å². The number of aromatic nitrogens is 2. The highest BCUT2D eigenvalue weighted by atomic mass is 16.5. The van der Waals surface area contributed by atoms with Gasteiger partial charge >= 0.3 is 5.97 Å². The number of carboxylic acids is 1. The molecule has 112 valence electrons. The number of hydrogen-bond acceptors (Lipinski definition) is 4. The molecular formula is C18H12N2O3. The van der Waals surface area contributed by atoms with Crippen molar-refractivity contribution in [3.8, 4) is 5.75 Å². The van der Waals surface area contributed by atoms with Gasteiger partial charge in [-0.25, -0.2) is 14.8 Å². The Morgan fingerprint density at radius 3 is 2.48 bits per heavy atom. The Balaban J connectivity index is 2.19. The molecule has 23 heavy (non-hydrogen) atoms. The molecule has 0 saturated carbocycles. The van der Waals surface area contributed by atoms with Gasteiger partial charge in [0.15, 0.2) is 0 Å². The van der Waals surface area contributed by atoms with Crippen LogP contribution in [-0.4, -0.2) is 28.2 Å². The van der Waals surface area contributed by atoms with Crippen molar-refractivity contribution in [3.63, 3.8) is 0 Å².